The van der Waals surface area contributed by atoms with Gasteiger partial charge < -0.3 is 5.32 Å². The summed E-state index contributed by atoms with van der Waals surface area (Å²) in [5.74, 6) is -0.430. The van der Waals surface area contributed by atoms with Gasteiger partial charge in [0.1, 0.15) is 5.82 Å². The Hall–Kier alpha value is -0.980. The molecule has 0 aromatic heterocycles. The number of aryl methyl sites for hydroxylation is 1. The molecule has 0 radical (unpaired) electrons. The zero-order valence-electron chi connectivity index (χ0n) is 11.2. The molecule has 1 saturated heterocycles. The van der Waals surface area contributed by atoms with Crippen molar-refractivity contribution < 1.29 is 12.8 Å². The van der Waals surface area contributed by atoms with Crippen molar-refractivity contribution in [2.75, 3.05) is 13.1 Å². The van der Waals surface area contributed by atoms with E-state index in [1.807, 2.05) is 6.92 Å². The maximum absolute atomic E-state index is 13.0. The van der Waals surface area contributed by atoms with Gasteiger partial charge in [0, 0.05) is 12.1 Å². The van der Waals surface area contributed by atoms with Crippen LogP contribution in [0.5, 0.6) is 0 Å². The van der Waals surface area contributed by atoms with Gasteiger partial charge in [0.25, 0.3) is 0 Å². The van der Waals surface area contributed by atoms with Crippen LogP contribution in [0.1, 0.15) is 25.3 Å². The first-order valence-electron chi connectivity index (χ1n) is 6.33. The second kappa shape index (κ2) is 5.19. The largest absolute Gasteiger partial charge is 0.310 e. The Labute approximate surface area is 113 Å². The van der Waals surface area contributed by atoms with Crippen molar-refractivity contribution in [3.05, 3.63) is 29.6 Å². The predicted molar refractivity (Wildman–Crippen MR) is 72.0 cm³/mol. The van der Waals surface area contributed by atoms with E-state index in [1.54, 1.807) is 6.92 Å². The van der Waals surface area contributed by atoms with Gasteiger partial charge >= 0.3 is 0 Å². The first-order chi connectivity index (χ1) is 8.82. The van der Waals surface area contributed by atoms with E-state index < -0.39 is 15.8 Å². The molecule has 4 nitrogen and oxygen atoms in total. The third-order valence-electron chi connectivity index (χ3n) is 3.54. The molecule has 19 heavy (non-hydrogen) atoms. The molecule has 1 heterocycles. The molecule has 1 aliphatic rings. The number of hydrogen-bond acceptors (Lipinski definition) is 3. The molecule has 6 heteroatoms. The second-order valence-corrected chi connectivity index (χ2v) is 7.06. The normalized spacial score (nSPS) is 23.7. The topological polar surface area (TPSA) is 58.2 Å². The van der Waals surface area contributed by atoms with E-state index >= 15 is 0 Å². The SMILES string of the molecule is Cc1cc(F)ccc1S(=O)(=O)NCC1(C)CCCN1. The van der Waals surface area contributed by atoms with E-state index in [2.05, 4.69) is 10.0 Å². The fourth-order valence-electron chi connectivity index (χ4n) is 2.35. The molecule has 0 amide bonds. The first kappa shape index (κ1) is 14.4. The standard InChI is InChI=1S/C13H19FN2O2S/c1-10-8-11(14)4-5-12(10)19(17,18)16-9-13(2)6-3-7-15-13/h4-5,8,15-16H,3,6-7,9H2,1-2H3. The third-order valence-corrected chi connectivity index (χ3v) is 5.10. The van der Waals surface area contributed by atoms with Crippen LogP contribution in [0, 0.1) is 12.7 Å². The van der Waals surface area contributed by atoms with E-state index in [0.29, 0.717) is 12.1 Å². The van der Waals surface area contributed by atoms with Crippen molar-refractivity contribution >= 4 is 10.0 Å². The zero-order chi connectivity index (χ0) is 14.1. The summed E-state index contributed by atoms with van der Waals surface area (Å²) in [5, 5.41) is 3.29. The van der Waals surface area contributed by atoms with Crippen LogP contribution >= 0.6 is 0 Å². The number of sulfonamides is 1. The van der Waals surface area contributed by atoms with Crippen LogP contribution in [0.4, 0.5) is 4.39 Å². The quantitative estimate of drug-likeness (QED) is 0.883. The Bertz CT molecular complexity index is 566. The van der Waals surface area contributed by atoms with Crippen molar-refractivity contribution in [3.63, 3.8) is 0 Å². The van der Waals surface area contributed by atoms with E-state index in [9.17, 15) is 12.8 Å². The summed E-state index contributed by atoms with van der Waals surface area (Å²) in [6.07, 6.45) is 1.99. The predicted octanol–water partition coefficient (Wildman–Crippen LogP) is 1.55. The van der Waals surface area contributed by atoms with Crippen molar-refractivity contribution in [2.45, 2.75) is 37.1 Å². The average Bonchev–Trinajstić information content (AvgIpc) is 2.74. The van der Waals surface area contributed by atoms with Crippen LogP contribution < -0.4 is 10.0 Å². The summed E-state index contributed by atoms with van der Waals surface area (Å²) in [6, 6.07) is 3.69. The smallest absolute Gasteiger partial charge is 0.240 e. The van der Waals surface area contributed by atoms with Crippen LogP contribution in [0.25, 0.3) is 0 Å². The number of hydrogen-bond donors (Lipinski definition) is 2. The lowest BCUT2D eigenvalue weighted by Crippen LogP contribution is -2.47. The molecule has 0 bridgehead atoms. The minimum atomic E-state index is -3.59. The molecule has 0 spiro atoms. The van der Waals surface area contributed by atoms with Gasteiger partial charge in [0.05, 0.1) is 4.90 Å². The molecule has 1 unspecified atom stereocenters. The second-order valence-electron chi connectivity index (χ2n) is 5.33. The van der Waals surface area contributed by atoms with Crippen LogP contribution in [0.2, 0.25) is 0 Å². The van der Waals surface area contributed by atoms with Gasteiger partial charge in [-0.15, -0.1) is 0 Å². The molecular formula is C13H19FN2O2S. The minimum Gasteiger partial charge on any atom is -0.310 e. The highest BCUT2D eigenvalue weighted by Gasteiger charge is 2.30. The highest BCUT2D eigenvalue weighted by molar-refractivity contribution is 7.89. The lowest BCUT2D eigenvalue weighted by atomic mass is 10.0. The molecule has 0 aliphatic carbocycles. The van der Waals surface area contributed by atoms with Crippen LogP contribution in [0.3, 0.4) is 0 Å². The van der Waals surface area contributed by atoms with Crippen molar-refractivity contribution in [2.24, 2.45) is 0 Å². The highest BCUT2D eigenvalue weighted by Crippen LogP contribution is 2.20. The van der Waals surface area contributed by atoms with Gasteiger partial charge in [-0.05, 0) is 57.0 Å². The molecule has 106 valence electrons. The Morgan fingerprint density at radius 3 is 2.79 bits per heavy atom. The Balaban J connectivity index is 2.14. The average molecular weight is 286 g/mol. The Morgan fingerprint density at radius 1 is 1.47 bits per heavy atom. The van der Waals surface area contributed by atoms with Crippen LogP contribution in [-0.4, -0.2) is 27.0 Å². The lowest BCUT2D eigenvalue weighted by molar-refractivity contribution is 0.409. The van der Waals surface area contributed by atoms with Gasteiger partial charge in [-0.3, -0.25) is 0 Å². The molecule has 1 atom stereocenters. The summed E-state index contributed by atoms with van der Waals surface area (Å²) in [7, 11) is -3.59. The fraction of sp³-hybridized carbons (Fsp3) is 0.538. The molecule has 2 N–H and O–H groups in total. The number of nitrogens with one attached hydrogen (secondary N) is 2. The number of halogens is 1. The van der Waals surface area contributed by atoms with E-state index in [1.165, 1.54) is 12.1 Å². The van der Waals surface area contributed by atoms with E-state index in [0.717, 1.165) is 25.5 Å². The van der Waals surface area contributed by atoms with Crippen molar-refractivity contribution in [3.8, 4) is 0 Å². The van der Waals surface area contributed by atoms with E-state index in [-0.39, 0.29) is 10.4 Å². The van der Waals surface area contributed by atoms with Crippen LogP contribution in [0.15, 0.2) is 23.1 Å². The highest BCUT2D eigenvalue weighted by atomic mass is 32.2. The molecule has 1 fully saturated rings. The van der Waals surface area contributed by atoms with Gasteiger partial charge in [-0.25, -0.2) is 17.5 Å². The van der Waals surface area contributed by atoms with Gasteiger partial charge in [-0.2, -0.15) is 0 Å². The third kappa shape index (κ3) is 3.32. The summed E-state index contributed by atoms with van der Waals surface area (Å²) in [6.45, 7) is 4.84. The molecule has 1 aromatic rings. The maximum Gasteiger partial charge on any atom is 0.240 e. The molecule has 1 aromatic carbocycles. The van der Waals surface area contributed by atoms with Gasteiger partial charge in [0.15, 0.2) is 0 Å². The fourth-order valence-corrected chi connectivity index (χ4v) is 3.75. The Morgan fingerprint density at radius 2 is 2.21 bits per heavy atom. The number of rotatable bonds is 4. The zero-order valence-corrected chi connectivity index (χ0v) is 12.0. The molecule has 2 rings (SSSR count). The van der Waals surface area contributed by atoms with Crippen molar-refractivity contribution in [1.29, 1.82) is 0 Å². The van der Waals surface area contributed by atoms with Crippen LogP contribution in [-0.2, 0) is 10.0 Å². The molecular weight excluding hydrogens is 267 g/mol. The number of benzene rings is 1. The monoisotopic (exact) mass is 286 g/mol. The maximum atomic E-state index is 13.0. The van der Waals surface area contributed by atoms with E-state index in [4.69, 9.17) is 0 Å². The van der Waals surface area contributed by atoms with Crippen molar-refractivity contribution in [1.82, 2.24) is 10.0 Å². The lowest BCUT2D eigenvalue weighted by Gasteiger charge is -2.24. The molecule has 1 aliphatic heterocycles. The summed E-state index contributed by atoms with van der Waals surface area (Å²) < 4.78 is 40.0. The Kier molecular flexibility index (Phi) is 3.94. The summed E-state index contributed by atoms with van der Waals surface area (Å²) >= 11 is 0. The summed E-state index contributed by atoms with van der Waals surface area (Å²) in [4.78, 5) is 0.135. The molecule has 0 saturated carbocycles. The van der Waals surface area contributed by atoms with Gasteiger partial charge in [-0.1, -0.05) is 0 Å². The van der Waals surface area contributed by atoms with Gasteiger partial charge in [0.2, 0.25) is 10.0 Å². The first-order valence-corrected chi connectivity index (χ1v) is 7.82. The summed E-state index contributed by atoms with van der Waals surface area (Å²) in [5.41, 5.74) is 0.220. The minimum absolute atomic E-state index is 0.135.